The molecule has 1 unspecified atom stereocenters. The zero-order valence-electron chi connectivity index (χ0n) is 13.4. The van der Waals surface area contributed by atoms with E-state index in [1.807, 2.05) is 18.2 Å². The fourth-order valence-corrected chi connectivity index (χ4v) is 4.54. The number of nitrogens with two attached hydrogens (primary N) is 1. The molecule has 136 valence electrons. The van der Waals surface area contributed by atoms with E-state index < -0.39 is 24.1 Å². The topological polar surface area (TPSA) is 111 Å². The molecular formula is C17H15I2N3O4. The Hall–Kier alpha value is -1.20. The van der Waals surface area contributed by atoms with Crippen molar-refractivity contribution in [1.82, 2.24) is 9.55 Å². The van der Waals surface area contributed by atoms with Crippen LogP contribution in [0.1, 0.15) is 23.8 Å². The summed E-state index contributed by atoms with van der Waals surface area (Å²) in [6, 6.07) is 5.91. The van der Waals surface area contributed by atoms with Crippen LogP contribution in [0.15, 0.2) is 29.2 Å². The highest BCUT2D eigenvalue weighted by Gasteiger charge is 2.35. The van der Waals surface area contributed by atoms with Crippen LogP contribution in [0.25, 0.3) is 0 Å². The second-order valence-corrected chi connectivity index (χ2v) is 8.24. The summed E-state index contributed by atoms with van der Waals surface area (Å²) in [7, 11) is 0. The highest BCUT2D eigenvalue weighted by molar-refractivity contribution is 14.1. The van der Waals surface area contributed by atoms with Crippen molar-refractivity contribution < 1.29 is 14.9 Å². The molecule has 3 atom stereocenters. The summed E-state index contributed by atoms with van der Waals surface area (Å²) in [5.74, 6) is 6.00. The van der Waals surface area contributed by atoms with Crippen molar-refractivity contribution in [2.45, 2.75) is 24.9 Å². The number of nitrogens with zero attached hydrogens (tertiary/aromatic N) is 2. The van der Waals surface area contributed by atoms with Crippen LogP contribution >= 0.6 is 45.2 Å². The Morgan fingerprint density at radius 2 is 2.00 bits per heavy atom. The first-order valence-electron chi connectivity index (χ1n) is 7.68. The molecule has 0 spiro atoms. The number of aromatic nitrogens is 2. The van der Waals surface area contributed by atoms with Crippen LogP contribution in [-0.4, -0.2) is 38.6 Å². The Kier molecular flexibility index (Phi) is 6.18. The van der Waals surface area contributed by atoms with Crippen molar-refractivity contribution in [3.05, 3.63) is 53.1 Å². The lowest BCUT2D eigenvalue weighted by Crippen LogP contribution is -2.28. The largest absolute Gasteiger partial charge is 0.394 e. The van der Waals surface area contributed by atoms with Gasteiger partial charge in [0, 0.05) is 25.3 Å². The molecule has 2 aromatic rings. The van der Waals surface area contributed by atoms with Crippen LogP contribution in [0.2, 0.25) is 0 Å². The van der Waals surface area contributed by atoms with Crippen LogP contribution < -0.4 is 11.4 Å². The summed E-state index contributed by atoms with van der Waals surface area (Å²) in [6.45, 7) is -0.327. The van der Waals surface area contributed by atoms with Crippen LogP contribution in [0, 0.1) is 19.0 Å². The standard InChI is InChI=1S/C17H15I2N3O4/c18-11-3-9(4-12(19)5-11)1-2-10-7-22(17(25)21-16(10)20)15-6-13(24)14(8-23)26-15/h3-5,7,13-15,23-24H,6,8H2,(H2,20,21,25)/t13?,14-,15-/m1/s1. The normalized spacial score (nSPS) is 22.1. The molecule has 0 aliphatic carbocycles. The van der Waals surface area contributed by atoms with Crippen LogP contribution in [-0.2, 0) is 4.74 Å². The lowest BCUT2D eigenvalue weighted by molar-refractivity contribution is -0.0458. The second kappa shape index (κ2) is 8.22. The van der Waals surface area contributed by atoms with Crippen LogP contribution in [0.5, 0.6) is 0 Å². The minimum Gasteiger partial charge on any atom is -0.394 e. The Morgan fingerprint density at radius 3 is 2.62 bits per heavy atom. The van der Waals surface area contributed by atoms with Gasteiger partial charge in [-0.1, -0.05) is 11.8 Å². The summed E-state index contributed by atoms with van der Waals surface area (Å²) in [6.07, 6.45) is -0.640. The summed E-state index contributed by atoms with van der Waals surface area (Å²) in [4.78, 5) is 15.9. The van der Waals surface area contributed by atoms with Crippen molar-refractivity contribution >= 4 is 51.0 Å². The molecule has 2 heterocycles. The molecule has 1 fully saturated rings. The van der Waals surface area contributed by atoms with Gasteiger partial charge < -0.3 is 20.7 Å². The van der Waals surface area contributed by atoms with Gasteiger partial charge in [-0.15, -0.1) is 0 Å². The van der Waals surface area contributed by atoms with Crippen LogP contribution in [0.3, 0.4) is 0 Å². The fraction of sp³-hybridized carbons (Fsp3) is 0.294. The highest BCUT2D eigenvalue weighted by atomic mass is 127. The molecule has 1 aliphatic rings. The summed E-state index contributed by atoms with van der Waals surface area (Å²) >= 11 is 4.44. The first kappa shape index (κ1) is 19.6. The lowest BCUT2D eigenvalue weighted by atomic mass is 10.2. The Morgan fingerprint density at radius 1 is 1.31 bits per heavy atom. The van der Waals surface area contributed by atoms with Gasteiger partial charge in [-0.25, -0.2) is 4.79 Å². The number of aliphatic hydroxyl groups is 2. The maximum atomic E-state index is 12.1. The van der Waals surface area contributed by atoms with Gasteiger partial charge in [0.15, 0.2) is 0 Å². The third-order valence-corrected chi connectivity index (χ3v) is 5.13. The van der Waals surface area contributed by atoms with E-state index in [0.717, 1.165) is 12.7 Å². The summed E-state index contributed by atoms with van der Waals surface area (Å²) in [5, 5.41) is 19.1. The SMILES string of the molecule is Nc1nc(=O)n([C@H]2CC(O)[C@@H](CO)O2)cc1C#Cc1cc(I)cc(I)c1. The molecule has 0 radical (unpaired) electrons. The summed E-state index contributed by atoms with van der Waals surface area (Å²) < 4.78 is 8.89. The van der Waals surface area contributed by atoms with Crippen molar-refractivity contribution in [1.29, 1.82) is 0 Å². The average Bonchev–Trinajstić information content (AvgIpc) is 2.94. The molecule has 1 aliphatic heterocycles. The minimum absolute atomic E-state index is 0.0383. The number of ether oxygens (including phenoxy) is 1. The van der Waals surface area contributed by atoms with Gasteiger partial charge in [-0.05, 0) is 63.4 Å². The minimum atomic E-state index is -0.850. The molecular weight excluding hydrogens is 564 g/mol. The smallest absolute Gasteiger partial charge is 0.351 e. The molecule has 0 amide bonds. The van der Waals surface area contributed by atoms with Crippen LogP contribution in [0.4, 0.5) is 5.82 Å². The maximum Gasteiger partial charge on any atom is 0.351 e. The monoisotopic (exact) mass is 579 g/mol. The third kappa shape index (κ3) is 4.37. The molecule has 9 heteroatoms. The maximum absolute atomic E-state index is 12.1. The molecule has 0 bridgehead atoms. The number of rotatable bonds is 2. The first-order chi connectivity index (χ1) is 12.4. The van der Waals surface area contributed by atoms with Gasteiger partial charge in [0.1, 0.15) is 18.1 Å². The quantitative estimate of drug-likeness (QED) is 0.363. The van der Waals surface area contributed by atoms with E-state index in [0.29, 0.717) is 5.56 Å². The van der Waals surface area contributed by atoms with Crippen molar-refractivity contribution in [2.24, 2.45) is 0 Å². The van der Waals surface area contributed by atoms with Gasteiger partial charge in [-0.2, -0.15) is 4.98 Å². The lowest BCUT2D eigenvalue weighted by Gasteiger charge is -2.15. The number of nitrogen functional groups attached to an aromatic ring is 1. The number of halogens is 2. The fourth-order valence-electron chi connectivity index (χ4n) is 2.60. The molecule has 1 aromatic carbocycles. The third-order valence-electron chi connectivity index (χ3n) is 3.88. The van der Waals surface area contributed by atoms with E-state index >= 15 is 0 Å². The Balaban J connectivity index is 1.95. The number of hydrogen-bond donors (Lipinski definition) is 3. The zero-order valence-corrected chi connectivity index (χ0v) is 17.7. The zero-order chi connectivity index (χ0) is 18.8. The Labute approximate surface area is 176 Å². The van der Waals surface area contributed by atoms with E-state index in [4.69, 9.17) is 10.5 Å². The van der Waals surface area contributed by atoms with Gasteiger partial charge in [0.05, 0.1) is 18.3 Å². The predicted molar refractivity (Wildman–Crippen MR) is 112 cm³/mol. The second-order valence-electron chi connectivity index (χ2n) is 5.75. The molecule has 26 heavy (non-hydrogen) atoms. The van der Waals surface area contributed by atoms with Gasteiger partial charge in [0.2, 0.25) is 0 Å². The molecule has 4 N–H and O–H groups in total. The van der Waals surface area contributed by atoms with Crippen molar-refractivity contribution in [3.63, 3.8) is 0 Å². The van der Waals surface area contributed by atoms with Crippen molar-refractivity contribution in [2.75, 3.05) is 12.3 Å². The van der Waals surface area contributed by atoms with E-state index in [1.54, 1.807) is 0 Å². The number of anilines is 1. The molecule has 1 saturated heterocycles. The molecule has 0 saturated carbocycles. The highest BCUT2D eigenvalue weighted by Crippen LogP contribution is 2.27. The van der Waals surface area contributed by atoms with Gasteiger partial charge in [0.25, 0.3) is 0 Å². The predicted octanol–water partition coefficient (Wildman–Crippen LogP) is 1.08. The van der Waals surface area contributed by atoms with E-state index in [9.17, 15) is 15.0 Å². The van der Waals surface area contributed by atoms with Gasteiger partial charge in [-0.3, -0.25) is 4.57 Å². The van der Waals surface area contributed by atoms with Gasteiger partial charge >= 0.3 is 5.69 Å². The van der Waals surface area contributed by atoms with E-state index in [-0.39, 0.29) is 18.8 Å². The number of benzene rings is 1. The first-order valence-corrected chi connectivity index (χ1v) is 9.84. The number of aliphatic hydroxyl groups excluding tert-OH is 2. The van der Waals surface area contributed by atoms with E-state index in [2.05, 4.69) is 62.0 Å². The molecule has 7 nitrogen and oxygen atoms in total. The molecule has 3 rings (SSSR count). The number of hydrogen-bond acceptors (Lipinski definition) is 6. The summed E-state index contributed by atoms with van der Waals surface area (Å²) in [5.41, 5.74) is 6.46. The molecule has 1 aromatic heterocycles. The van der Waals surface area contributed by atoms with Crippen molar-refractivity contribution in [3.8, 4) is 11.8 Å². The Bertz CT molecular complexity index is 931. The van der Waals surface area contributed by atoms with E-state index in [1.165, 1.54) is 10.8 Å². The average molecular weight is 579 g/mol.